The first-order valence-corrected chi connectivity index (χ1v) is 9.14. The second kappa shape index (κ2) is 7.44. The van der Waals surface area contributed by atoms with Crippen molar-refractivity contribution in [1.82, 2.24) is 9.71 Å². The molecule has 0 saturated heterocycles. The van der Waals surface area contributed by atoms with Crippen molar-refractivity contribution >= 4 is 21.7 Å². The van der Waals surface area contributed by atoms with Crippen molar-refractivity contribution in [1.29, 1.82) is 0 Å². The van der Waals surface area contributed by atoms with Gasteiger partial charge in [-0.1, -0.05) is 26.0 Å². The standard InChI is InChI=1S/C17H21N3O3S/c1-12(2)6-7-17(21)20-24(22,23)15-5-3-4-13(10-15)14-8-9-19-16(18)11-14/h3-5,8-12H,6-7H2,1-2H3,(H2,18,19)(H,20,21). The number of nitrogen functional groups attached to an aromatic ring is 1. The number of nitrogens with zero attached hydrogens (tertiary/aromatic N) is 1. The molecule has 0 radical (unpaired) electrons. The van der Waals surface area contributed by atoms with Crippen LogP contribution in [0.25, 0.3) is 11.1 Å². The van der Waals surface area contributed by atoms with Crippen LogP contribution in [0, 0.1) is 5.92 Å². The Balaban J connectivity index is 2.22. The highest BCUT2D eigenvalue weighted by Gasteiger charge is 2.18. The zero-order valence-electron chi connectivity index (χ0n) is 13.7. The molecule has 3 N–H and O–H groups in total. The van der Waals surface area contributed by atoms with Crippen molar-refractivity contribution < 1.29 is 13.2 Å². The second-order valence-corrected chi connectivity index (χ2v) is 7.64. The highest BCUT2D eigenvalue weighted by atomic mass is 32.2. The summed E-state index contributed by atoms with van der Waals surface area (Å²) < 4.78 is 26.9. The lowest BCUT2D eigenvalue weighted by atomic mass is 10.1. The topological polar surface area (TPSA) is 102 Å². The lowest BCUT2D eigenvalue weighted by Gasteiger charge is -2.10. The van der Waals surface area contributed by atoms with Gasteiger partial charge in [-0.05, 0) is 47.7 Å². The molecule has 0 saturated carbocycles. The van der Waals surface area contributed by atoms with E-state index < -0.39 is 15.9 Å². The molecule has 0 bridgehead atoms. The van der Waals surface area contributed by atoms with Gasteiger partial charge < -0.3 is 5.73 Å². The van der Waals surface area contributed by atoms with E-state index in [1.807, 2.05) is 13.8 Å². The first-order chi connectivity index (χ1) is 11.3. The molecule has 1 heterocycles. The number of nitrogens with one attached hydrogen (secondary N) is 1. The Labute approximate surface area is 142 Å². The molecule has 0 unspecified atom stereocenters. The van der Waals surface area contributed by atoms with E-state index in [9.17, 15) is 13.2 Å². The SMILES string of the molecule is CC(C)CCC(=O)NS(=O)(=O)c1cccc(-c2ccnc(N)c2)c1. The predicted molar refractivity (Wildman–Crippen MR) is 93.5 cm³/mol. The van der Waals surface area contributed by atoms with E-state index in [0.29, 0.717) is 23.7 Å². The molecular formula is C17H21N3O3S. The quantitative estimate of drug-likeness (QED) is 0.836. The number of anilines is 1. The molecular weight excluding hydrogens is 326 g/mol. The molecule has 1 aromatic heterocycles. The van der Waals surface area contributed by atoms with Gasteiger partial charge in [0.2, 0.25) is 5.91 Å². The Kier molecular flexibility index (Phi) is 5.56. The van der Waals surface area contributed by atoms with Crippen LogP contribution in [-0.4, -0.2) is 19.3 Å². The summed E-state index contributed by atoms with van der Waals surface area (Å²) in [5.41, 5.74) is 7.09. The molecule has 6 nitrogen and oxygen atoms in total. The molecule has 0 fully saturated rings. The Bertz CT molecular complexity index is 832. The van der Waals surface area contributed by atoms with Gasteiger partial charge in [-0.2, -0.15) is 0 Å². The summed E-state index contributed by atoms with van der Waals surface area (Å²) >= 11 is 0. The van der Waals surface area contributed by atoms with Crippen molar-refractivity contribution in [3.05, 3.63) is 42.6 Å². The smallest absolute Gasteiger partial charge is 0.264 e. The normalized spacial score (nSPS) is 11.5. The zero-order valence-corrected chi connectivity index (χ0v) is 14.5. The van der Waals surface area contributed by atoms with Gasteiger partial charge in [-0.15, -0.1) is 0 Å². The number of carbonyl (C=O) groups excluding carboxylic acids is 1. The number of pyridine rings is 1. The van der Waals surface area contributed by atoms with Gasteiger partial charge in [-0.25, -0.2) is 18.1 Å². The van der Waals surface area contributed by atoms with Gasteiger partial charge >= 0.3 is 0 Å². The third kappa shape index (κ3) is 4.79. The van der Waals surface area contributed by atoms with E-state index >= 15 is 0 Å². The molecule has 0 atom stereocenters. The van der Waals surface area contributed by atoms with Crippen molar-refractivity contribution in [3.63, 3.8) is 0 Å². The molecule has 7 heteroatoms. The van der Waals surface area contributed by atoms with Gasteiger partial charge in [0.15, 0.2) is 0 Å². The lowest BCUT2D eigenvalue weighted by Crippen LogP contribution is -2.30. The second-order valence-electron chi connectivity index (χ2n) is 5.96. The number of benzene rings is 1. The number of rotatable bonds is 6. The molecule has 128 valence electrons. The van der Waals surface area contributed by atoms with E-state index in [1.165, 1.54) is 12.1 Å². The number of aromatic nitrogens is 1. The van der Waals surface area contributed by atoms with Crippen LogP contribution in [0.2, 0.25) is 0 Å². The number of hydrogen-bond donors (Lipinski definition) is 2. The van der Waals surface area contributed by atoms with Crippen LogP contribution in [0.5, 0.6) is 0 Å². The lowest BCUT2D eigenvalue weighted by molar-refractivity contribution is -0.119. The fourth-order valence-electron chi connectivity index (χ4n) is 2.15. The zero-order chi connectivity index (χ0) is 17.7. The van der Waals surface area contributed by atoms with Crippen LogP contribution < -0.4 is 10.5 Å². The highest BCUT2D eigenvalue weighted by molar-refractivity contribution is 7.90. The summed E-state index contributed by atoms with van der Waals surface area (Å²) in [4.78, 5) is 15.8. The summed E-state index contributed by atoms with van der Waals surface area (Å²) in [7, 11) is -3.89. The Morgan fingerprint density at radius 1 is 1.21 bits per heavy atom. The minimum absolute atomic E-state index is 0.0354. The summed E-state index contributed by atoms with van der Waals surface area (Å²) in [5, 5.41) is 0. The number of hydrogen-bond acceptors (Lipinski definition) is 5. The van der Waals surface area contributed by atoms with E-state index in [0.717, 1.165) is 5.56 Å². The fraction of sp³-hybridized carbons (Fsp3) is 0.294. The Morgan fingerprint density at radius 2 is 1.92 bits per heavy atom. The van der Waals surface area contributed by atoms with E-state index in [4.69, 9.17) is 5.73 Å². The highest BCUT2D eigenvalue weighted by Crippen LogP contribution is 2.23. The molecule has 0 aliphatic carbocycles. The van der Waals surface area contributed by atoms with Gasteiger partial charge in [0.05, 0.1) is 4.90 Å². The Morgan fingerprint density at radius 3 is 2.58 bits per heavy atom. The summed E-state index contributed by atoms with van der Waals surface area (Å²) in [6.45, 7) is 3.96. The van der Waals surface area contributed by atoms with Gasteiger partial charge in [-0.3, -0.25) is 4.79 Å². The molecule has 0 spiro atoms. The molecule has 24 heavy (non-hydrogen) atoms. The minimum Gasteiger partial charge on any atom is -0.384 e. The minimum atomic E-state index is -3.89. The largest absolute Gasteiger partial charge is 0.384 e. The Hall–Kier alpha value is -2.41. The molecule has 2 aromatic rings. The van der Waals surface area contributed by atoms with Crippen molar-refractivity contribution in [3.8, 4) is 11.1 Å². The molecule has 1 aromatic carbocycles. The number of sulfonamides is 1. The first-order valence-electron chi connectivity index (χ1n) is 7.65. The van der Waals surface area contributed by atoms with Gasteiger partial charge in [0.25, 0.3) is 10.0 Å². The van der Waals surface area contributed by atoms with Crippen LogP contribution >= 0.6 is 0 Å². The van der Waals surface area contributed by atoms with Crippen molar-refractivity contribution in [2.75, 3.05) is 5.73 Å². The summed E-state index contributed by atoms with van der Waals surface area (Å²) in [6.07, 6.45) is 2.37. The van der Waals surface area contributed by atoms with Crippen molar-refractivity contribution in [2.24, 2.45) is 5.92 Å². The van der Waals surface area contributed by atoms with Crippen molar-refractivity contribution in [2.45, 2.75) is 31.6 Å². The van der Waals surface area contributed by atoms with Gasteiger partial charge in [0.1, 0.15) is 5.82 Å². The number of nitrogens with two attached hydrogens (primary N) is 1. The maximum atomic E-state index is 12.4. The summed E-state index contributed by atoms with van der Waals surface area (Å²) in [6, 6.07) is 9.75. The maximum absolute atomic E-state index is 12.4. The molecule has 2 rings (SSSR count). The van der Waals surface area contributed by atoms with Gasteiger partial charge in [0, 0.05) is 12.6 Å². The predicted octanol–water partition coefficient (Wildman–Crippen LogP) is 2.57. The first kappa shape index (κ1) is 17.9. The summed E-state index contributed by atoms with van der Waals surface area (Å²) in [5.74, 6) is 0.184. The van der Waals surface area contributed by atoms with Crippen LogP contribution in [0.15, 0.2) is 47.5 Å². The third-order valence-electron chi connectivity index (χ3n) is 3.46. The monoisotopic (exact) mass is 347 g/mol. The van der Waals surface area contributed by atoms with Crippen LogP contribution in [-0.2, 0) is 14.8 Å². The van der Waals surface area contributed by atoms with E-state index in [-0.39, 0.29) is 11.3 Å². The average molecular weight is 347 g/mol. The third-order valence-corrected chi connectivity index (χ3v) is 4.83. The molecule has 0 aliphatic heterocycles. The van der Waals surface area contributed by atoms with Crippen LogP contribution in [0.4, 0.5) is 5.82 Å². The molecule has 1 amide bonds. The van der Waals surface area contributed by atoms with E-state index in [2.05, 4.69) is 9.71 Å². The van der Waals surface area contributed by atoms with E-state index in [1.54, 1.807) is 30.5 Å². The number of amides is 1. The van der Waals surface area contributed by atoms with Crippen LogP contribution in [0.1, 0.15) is 26.7 Å². The average Bonchev–Trinajstić information content (AvgIpc) is 2.53. The number of carbonyl (C=O) groups is 1. The van der Waals surface area contributed by atoms with Crippen LogP contribution in [0.3, 0.4) is 0 Å². The maximum Gasteiger partial charge on any atom is 0.264 e. The molecule has 0 aliphatic rings. The fourth-order valence-corrected chi connectivity index (χ4v) is 3.21.